The quantitative estimate of drug-likeness (QED) is 0.593. The van der Waals surface area contributed by atoms with E-state index in [1.54, 1.807) is 64.1 Å². The van der Waals surface area contributed by atoms with Gasteiger partial charge in [0.25, 0.3) is 5.91 Å². The number of halogens is 1. The highest BCUT2D eigenvalue weighted by Gasteiger charge is 2.24. The Morgan fingerprint density at radius 1 is 1.10 bits per heavy atom. The number of anilines is 1. The zero-order valence-corrected chi connectivity index (χ0v) is 18.6. The molecule has 0 aliphatic heterocycles. The van der Waals surface area contributed by atoms with E-state index in [2.05, 4.69) is 15.2 Å². The van der Waals surface area contributed by atoms with E-state index in [1.165, 1.54) is 12.1 Å². The minimum atomic E-state index is -3.74. The van der Waals surface area contributed by atoms with Crippen molar-refractivity contribution in [3.05, 3.63) is 64.9 Å². The molecular weight excluding hydrogens is 426 g/mol. The van der Waals surface area contributed by atoms with Crippen LogP contribution in [-0.2, 0) is 10.0 Å². The second-order valence-corrected chi connectivity index (χ2v) is 9.93. The van der Waals surface area contributed by atoms with Gasteiger partial charge in [0, 0.05) is 21.8 Å². The highest BCUT2D eigenvalue weighted by atomic mass is 35.5. The van der Waals surface area contributed by atoms with Crippen LogP contribution in [0.5, 0.6) is 0 Å². The van der Waals surface area contributed by atoms with Gasteiger partial charge in [-0.2, -0.15) is 0 Å². The molecule has 0 spiro atoms. The number of aromatic nitrogens is 1. The number of carbonyl (C=O) groups excluding carboxylic acids is 1. The van der Waals surface area contributed by atoms with Crippen LogP contribution in [0.2, 0.25) is 5.02 Å². The Morgan fingerprint density at radius 2 is 1.80 bits per heavy atom. The maximum atomic E-state index is 13.0. The Bertz CT molecular complexity index is 1200. The number of aryl methyl sites for hydroxylation is 1. The molecule has 158 valence electrons. The first kappa shape index (κ1) is 22.0. The van der Waals surface area contributed by atoms with Crippen molar-refractivity contribution < 1.29 is 17.7 Å². The predicted octanol–water partition coefficient (Wildman–Crippen LogP) is 4.63. The summed E-state index contributed by atoms with van der Waals surface area (Å²) in [5.74, 6) is -0.136. The molecule has 2 N–H and O–H groups in total. The first-order valence-corrected chi connectivity index (χ1v) is 11.0. The molecule has 1 amide bonds. The molecule has 2 aromatic carbocycles. The van der Waals surface area contributed by atoms with Gasteiger partial charge >= 0.3 is 0 Å². The van der Waals surface area contributed by atoms with Crippen molar-refractivity contribution in [1.82, 2.24) is 9.88 Å². The average Bonchev–Trinajstić information content (AvgIpc) is 3.02. The van der Waals surface area contributed by atoms with Gasteiger partial charge in [0.1, 0.15) is 17.0 Å². The fourth-order valence-corrected chi connectivity index (χ4v) is 4.52. The van der Waals surface area contributed by atoms with E-state index in [1.807, 2.05) is 0 Å². The lowest BCUT2D eigenvalue weighted by Crippen LogP contribution is -2.40. The zero-order valence-electron chi connectivity index (χ0n) is 17.0. The molecule has 0 unspecified atom stereocenters. The first-order chi connectivity index (χ1) is 14.0. The minimum Gasteiger partial charge on any atom is -0.360 e. The summed E-state index contributed by atoms with van der Waals surface area (Å²) in [6.45, 7) is 6.89. The summed E-state index contributed by atoms with van der Waals surface area (Å²) in [5, 5.41) is 7.21. The number of carbonyl (C=O) groups is 1. The molecule has 0 radical (unpaired) electrons. The lowest BCUT2D eigenvalue weighted by atomic mass is 10.1. The predicted molar refractivity (Wildman–Crippen MR) is 116 cm³/mol. The first-order valence-electron chi connectivity index (χ1n) is 9.14. The van der Waals surface area contributed by atoms with E-state index in [0.717, 1.165) is 0 Å². The second-order valence-electron chi connectivity index (χ2n) is 7.81. The summed E-state index contributed by atoms with van der Waals surface area (Å²) in [5.41, 5.74) is 0.928. The smallest absolute Gasteiger partial charge is 0.261 e. The molecule has 0 saturated heterocycles. The monoisotopic (exact) mass is 447 g/mol. The van der Waals surface area contributed by atoms with Crippen molar-refractivity contribution in [2.24, 2.45) is 0 Å². The number of nitrogens with one attached hydrogen (secondary N) is 2. The molecule has 0 atom stereocenters. The fourth-order valence-electron chi connectivity index (χ4n) is 2.87. The Hall–Kier alpha value is -2.68. The minimum absolute atomic E-state index is 0.0485. The Kier molecular flexibility index (Phi) is 6.03. The maximum absolute atomic E-state index is 13.0. The van der Waals surface area contributed by atoms with Gasteiger partial charge in [-0.3, -0.25) is 4.79 Å². The van der Waals surface area contributed by atoms with Crippen molar-refractivity contribution in [2.75, 3.05) is 5.32 Å². The lowest BCUT2D eigenvalue weighted by Gasteiger charge is -2.20. The molecular formula is C21H22ClN3O4S. The summed E-state index contributed by atoms with van der Waals surface area (Å²) in [4.78, 5) is 13.0. The molecule has 9 heteroatoms. The number of sulfonamides is 1. The third kappa shape index (κ3) is 5.08. The number of benzene rings is 2. The highest BCUT2D eigenvalue weighted by molar-refractivity contribution is 7.89. The van der Waals surface area contributed by atoms with Gasteiger partial charge < -0.3 is 9.84 Å². The van der Waals surface area contributed by atoms with Crippen molar-refractivity contribution >= 4 is 33.2 Å². The fraction of sp³-hybridized carbons (Fsp3) is 0.238. The van der Waals surface area contributed by atoms with Crippen LogP contribution in [0.15, 0.2) is 57.9 Å². The summed E-state index contributed by atoms with van der Waals surface area (Å²) in [7, 11) is -3.74. The average molecular weight is 448 g/mol. The molecule has 1 heterocycles. The summed E-state index contributed by atoms with van der Waals surface area (Å²) < 4.78 is 33.0. The SMILES string of the molecule is Cc1onc(-c2cccc(Cl)c2)c1C(=O)Nc1cccc(S(=O)(=O)NC(C)(C)C)c1. The second kappa shape index (κ2) is 8.22. The van der Waals surface area contributed by atoms with Crippen molar-refractivity contribution in [3.63, 3.8) is 0 Å². The lowest BCUT2D eigenvalue weighted by molar-refractivity contribution is 0.102. The van der Waals surface area contributed by atoms with Gasteiger partial charge in [0.2, 0.25) is 10.0 Å². The van der Waals surface area contributed by atoms with Gasteiger partial charge in [0.15, 0.2) is 0 Å². The van der Waals surface area contributed by atoms with Gasteiger partial charge in [-0.05, 0) is 58.0 Å². The number of hydrogen-bond acceptors (Lipinski definition) is 5. The standard InChI is InChI=1S/C21H22ClN3O4S/c1-13-18(19(24-29-13)14-7-5-8-15(22)11-14)20(26)23-16-9-6-10-17(12-16)30(27,28)25-21(2,3)4/h5-12,25H,1-4H3,(H,23,26). The van der Waals surface area contributed by atoms with Gasteiger partial charge in [-0.15, -0.1) is 0 Å². The Morgan fingerprint density at radius 3 is 2.47 bits per heavy atom. The third-order valence-corrected chi connectivity index (χ3v) is 6.02. The van der Waals surface area contributed by atoms with Crippen molar-refractivity contribution in [2.45, 2.75) is 38.1 Å². The number of amides is 1. The van der Waals surface area contributed by atoms with Crippen LogP contribution in [0, 0.1) is 6.92 Å². The molecule has 0 bridgehead atoms. The van der Waals surface area contributed by atoms with Crippen LogP contribution >= 0.6 is 11.6 Å². The normalized spacial score (nSPS) is 12.0. The van der Waals surface area contributed by atoms with E-state index in [0.29, 0.717) is 27.7 Å². The van der Waals surface area contributed by atoms with Crippen LogP contribution in [0.3, 0.4) is 0 Å². The Labute approximate surface area is 180 Å². The zero-order chi connectivity index (χ0) is 22.1. The van der Waals surface area contributed by atoms with Gasteiger partial charge in [-0.1, -0.05) is 35.0 Å². The van der Waals surface area contributed by atoms with Crippen LogP contribution in [0.25, 0.3) is 11.3 Å². The van der Waals surface area contributed by atoms with Crippen molar-refractivity contribution in [3.8, 4) is 11.3 Å². The molecule has 3 rings (SSSR count). The summed E-state index contributed by atoms with van der Waals surface area (Å²) in [6.07, 6.45) is 0. The number of rotatable bonds is 5. The summed E-state index contributed by atoms with van der Waals surface area (Å²) >= 11 is 6.05. The maximum Gasteiger partial charge on any atom is 0.261 e. The molecule has 0 aliphatic rings. The van der Waals surface area contributed by atoms with Crippen LogP contribution in [0.4, 0.5) is 5.69 Å². The topological polar surface area (TPSA) is 101 Å². The van der Waals surface area contributed by atoms with Crippen LogP contribution < -0.4 is 10.0 Å². The van der Waals surface area contributed by atoms with Gasteiger partial charge in [0.05, 0.1) is 4.90 Å². The number of hydrogen-bond donors (Lipinski definition) is 2. The molecule has 0 aliphatic carbocycles. The molecule has 3 aromatic rings. The molecule has 30 heavy (non-hydrogen) atoms. The molecule has 7 nitrogen and oxygen atoms in total. The van der Waals surface area contributed by atoms with Crippen LogP contribution in [0.1, 0.15) is 36.9 Å². The largest absolute Gasteiger partial charge is 0.360 e. The van der Waals surface area contributed by atoms with E-state index in [4.69, 9.17) is 16.1 Å². The highest BCUT2D eigenvalue weighted by Crippen LogP contribution is 2.28. The molecule has 0 saturated carbocycles. The Balaban J connectivity index is 1.91. The molecule has 0 fully saturated rings. The van der Waals surface area contributed by atoms with E-state index >= 15 is 0 Å². The van der Waals surface area contributed by atoms with E-state index < -0.39 is 21.5 Å². The molecule has 1 aromatic heterocycles. The van der Waals surface area contributed by atoms with E-state index in [-0.39, 0.29) is 10.5 Å². The van der Waals surface area contributed by atoms with Gasteiger partial charge in [-0.25, -0.2) is 13.1 Å². The van der Waals surface area contributed by atoms with E-state index in [9.17, 15) is 13.2 Å². The number of nitrogens with zero attached hydrogens (tertiary/aromatic N) is 1. The van der Waals surface area contributed by atoms with Crippen LogP contribution in [-0.4, -0.2) is 25.0 Å². The summed E-state index contributed by atoms with van der Waals surface area (Å²) in [6, 6.07) is 12.9. The third-order valence-electron chi connectivity index (χ3n) is 4.03. The van der Waals surface area contributed by atoms with Crippen molar-refractivity contribution in [1.29, 1.82) is 0 Å².